The Hall–Kier alpha value is -2.33. The molecule has 158 valence electrons. The molecule has 2 rings (SSSR count). The Kier molecular flexibility index (Phi) is 10.9. The summed E-state index contributed by atoms with van der Waals surface area (Å²) in [6.07, 6.45) is 11.7. The molecule has 0 radical (unpaired) electrons. The van der Waals surface area contributed by atoms with Gasteiger partial charge in [-0.3, -0.25) is 0 Å². The third-order valence-electron chi connectivity index (χ3n) is 5.12. The number of aromatic carboxylic acids is 1. The van der Waals surface area contributed by atoms with E-state index in [0.29, 0.717) is 19.0 Å². The number of hydrogen-bond acceptors (Lipinski definition) is 3. The van der Waals surface area contributed by atoms with Gasteiger partial charge in [-0.2, -0.15) is 0 Å². The molecule has 2 aromatic carbocycles. The summed E-state index contributed by atoms with van der Waals surface area (Å²) >= 11 is 0. The summed E-state index contributed by atoms with van der Waals surface area (Å²) in [4.78, 5) is 11.3. The second kappa shape index (κ2) is 13.8. The Labute approximate surface area is 174 Å². The van der Waals surface area contributed by atoms with Crippen LogP contribution in [0.5, 0.6) is 5.75 Å². The standard InChI is InChI=1S/C25H34O4/c26-18-12-7-5-3-1-2-4-6-8-13-19-29-24-20-22(25(27)28)16-17-23(24)21-14-10-9-11-15-21/h9-11,14-17,20,26H,1-8,12-13,18-19H2,(H,27,28). The Morgan fingerprint density at radius 3 is 1.93 bits per heavy atom. The van der Waals surface area contributed by atoms with Gasteiger partial charge in [0, 0.05) is 12.2 Å². The van der Waals surface area contributed by atoms with Gasteiger partial charge in [0.1, 0.15) is 5.75 Å². The number of ether oxygens (including phenoxy) is 1. The molecule has 0 saturated carbocycles. The van der Waals surface area contributed by atoms with Crippen LogP contribution in [0.15, 0.2) is 48.5 Å². The lowest BCUT2D eigenvalue weighted by molar-refractivity contribution is 0.0696. The quantitative estimate of drug-likeness (QED) is 0.344. The SMILES string of the molecule is O=C(O)c1ccc(-c2ccccc2)c(OCCCCCCCCCCCCO)c1. The number of aliphatic hydroxyl groups excluding tert-OH is 1. The molecule has 4 nitrogen and oxygen atoms in total. The highest BCUT2D eigenvalue weighted by Gasteiger charge is 2.11. The second-order valence-electron chi connectivity index (χ2n) is 7.49. The van der Waals surface area contributed by atoms with Gasteiger partial charge in [-0.05, 0) is 36.6 Å². The van der Waals surface area contributed by atoms with E-state index in [-0.39, 0.29) is 5.56 Å². The predicted molar refractivity (Wildman–Crippen MR) is 118 cm³/mol. The smallest absolute Gasteiger partial charge is 0.335 e. The minimum atomic E-state index is -0.939. The van der Waals surface area contributed by atoms with Crippen LogP contribution in [-0.4, -0.2) is 29.4 Å². The fourth-order valence-corrected chi connectivity index (χ4v) is 3.44. The lowest BCUT2D eigenvalue weighted by atomic mass is 10.0. The molecule has 0 bridgehead atoms. The van der Waals surface area contributed by atoms with Gasteiger partial charge in [-0.25, -0.2) is 4.79 Å². The summed E-state index contributed by atoms with van der Waals surface area (Å²) in [6, 6.07) is 15.0. The number of carbonyl (C=O) groups is 1. The summed E-state index contributed by atoms with van der Waals surface area (Å²) in [5.74, 6) is -0.301. The fourth-order valence-electron chi connectivity index (χ4n) is 3.44. The Bertz CT molecular complexity index is 712. The van der Waals surface area contributed by atoms with Crippen molar-refractivity contribution >= 4 is 5.97 Å². The normalized spacial score (nSPS) is 10.8. The van der Waals surface area contributed by atoms with Crippen molar-refractivity contribution in [2.75, 3.05) is 13.2 Å². The highest BCUT2D eigenvalue weighted by atomic mass is 16.5. The van der Waals surface area contributed by atoms with E-state index in [9.17, 15) is 9.90 Å². The van der Waals surface area contributed by atoms with E-state index < -0.39 is 5.97 Å². The molecule has 0 amide bonds. The summed E-state index contributed by atoms with van der Waals surface area (Å²) in [7, 11) is 0. The molecule has 4 heteroatoms. The van der Waals surface area contributed by atoms with Crippen LogP contribution in [0.4, 0.5) is 0 Å². The first-order valence-corrected chi connectivity index (χ1v) is 10.9. The van der Waals surface area contributed by atoms with Crippen LogP contribution < -0.4 is 4.74 Å². The molecule has 0 heterocycles. The first-order valence-electron chi connectivity index (χ1n) is 10.9. The van der Waals surface area contributed by atoms with Crippen molar-refractivity contribution in [3.05, 3.63) is 54.1 Å². The molecule has 0 fully saturated rings. The van der Waals surface area contributed by atoms with Crippen LogP contribution in [0.2, 0.25) is 0 Å². The van der Waals surface area contributed by atoms with E-state index in [2.05, 4.69) is 0 Å². The predicted octanol–water partition coefficient (Wildman–Crippen LogP) is 6.32. The summed E-state index contributed by atoms with van der Waals surface area (Å²) in [6.45, 7) is 0.916. The van der Waals surface area contributed by atoms with Gasteiger partial charge < -0.3 is 14.9 Å². The Balaban J connectivity index is 1.71. The van der Waals surface area contributed by atoms with Gasteiger partial charge in [0.05, 0.1) is 12.2 Å². The monoisotopic (exact) mass is 398 g/mol. The highest BCUT2D eigenvalue weighted by molar-refractivity contribution is 5.89. The van der Waals surface area contributed by atoms with Crippen molar-refractivity contribution in [2.45, 2.75) is 64.2 Å². The van der Waals surface area contributed by atoms with Crippen LogP contribution in [0.25, 0.3) is 11.1 Å². The lowest BCUT2D eigenvalue weighted by Crippen LogP contribution is -2.02. The number of rotatable bonds is 15. The average molecular weight is 399 g/mol. The number of carboxylic acid groups (broad SMARTS) is 1. The molecule has 2 N–H and O–H groups in total. The van der Waals surface area contributed by atoms with Gasteiger partial charge in [-0.1, -0.05) is 81.7 Å². The van der Waals surface area contributed by atoms with E-state index in [1.165, 1.54) is 38.5 Å². The molecule has 0 aliphatic heterocycles. The molecule has 0 spiro atoms. The van der Waals surface area contributed by atoms with Crippen LogP contribution >= 0.6 is 0 Å². The molecule has 0 saturated heterocycles. The number of hydrogen-bond donors (Lipinski definition) is 2. The first kappa shape index (κ1) is 23.0. The molecule has 29 heavy (non-hydrogen) atoms. The maximum atomic E-state index is 11.3. The Morgan fingerprint density at radius 2 is 1.34 bits per heavy atom. The molecular formula is C25H34O4. The minimum absolute atomic E-state index is 0.249. The van der Waals surface area contributed by atoms with Gasteiger partial charge in [0.25, 0.3) is 0 Å². The third kappa shape index (κ3) is 8.70. The van der Waals surface area contributed by atoms with Crippen molar-refractivity contribution in [3.8, 4) is 16.9 Å². The zero-order valence-electron chi connectivity index (χ0n) is 17.3. The van der Waals surface area contributed by atoms with Crippen molar-refractivity contribution in [2.24, 2.45) is 0 Å². The van der Waals surface area contributed by atoms with Crippen molar-refractivity contribution in [1.29, 1.82) is 0 Å². The van der Waals surface area contributed by atoms with Crippen LogP contribution in [0.3, 0.4) is 0 Å². The largest absolute Gasteiger partial charge is 0.493 e. The topological polar surface area (TPSA) is 66.8 Å². The number of aliphatic hydroxyl groups is 1. The number of unbranched alkanes of at least 4 members (excludes halogenated alkanes) is 9. The van der Waals surface area contributed by atoms with Gasteiger partial charge in [0.2, 0.25) is 0 Å². The summed E-state index contributed by atoms with van der Waals surface area (Å²) < 4.78 is 5.98. The van der Waals surface area contributed by atoms with E-state index in [0.717, 1.165) is 36.8 Å². The van der Waals surface area contributed by atoms with Gasteiger partial charge >= 0.3 is 5.97 Å². The van der Waals surface area contributed by atoms with Crippen molar-refractivity contribution < 1.29 is 19.7 Å². The van der Waals surface area contributed by atoms with E-state index in [1.807, 2.05) is 36.4 Å². The van der Waals surface area contributed by atoms with E-state index >= 15 is 0 Å². The summed E-state index contributed by atoms with van der Waals surface area (Å²) in [5, 5.41) is 18.0. The molecule has 0 aromatic heterocycles. The number of carboxylic acids is 1. The fraction of sp³-hybridized carbons (Fsp3) is 0.480. The average Bonchev–Trinajstić information content (AvgIpc) is 2.75. The first-order chi connectivity index (χ1) is 14.2. The zero-order chi connectivity index (χ0) is 20.7. The molecule has 2 aromatic rings. The maximum Gasteiger partial charge on any atom is 0.335 e. The minimum Gasteiger partial charge on any atom is -0.493 e. The number of benzene rings is 2. The molecule has 0 unspecified atom stereocenters. The third-order valence-corrected chi connectivity index (χ3v) is 5.12. The molecule has 0 atom stereocenters. The van der Waals surface area contributed by atoms with Gasteiger partial charge in [-0.15, -0.1) is 0 Å². The van der Waals surface area contributed by atoms with Crippen LogP contribution in [0, 0.1) is 0 Å². The van der Waals surface area contributed by atoms with Crippen LogP contribution in [0.1, 0.15) is 74.6 Å². The van der Waals surface area contributed by atoms with Crippen molar-refractivity contribution in [1.82, 2.24) is 0 Å². The maximum absolute atomic E-state index is 11.3. The summed E-state index contributed by atoms with van der Waals surface area (Å²) in [5.41, 5.74) is 2.20. The molecular weight excluding hydrogens is 364 g/mol. The van der Waals surface area contributed by atoms with E-state index in [1.54, 1.807) is 12.1 Å². The van der Waals surface area contributed by atoms with E-state index in [4.69, 9.17) is 9.84 Å². The van der Waals surface area contributed by atoms with Crippen molar-refractivity contribution in [3.63, 3.8) is 0 Å². The molecule has 0 aliphatic rings. The molecule has 0 aliphatic carbocycles. The second-order valence-corrected chi connectivity index (χ2v) is 7.49. The Morgan fingerprint density at radius 1 is 0.759 bits per heavy atom. The van der Waals surface area contributed by atoms with Gasteiger partial charge in [0.15, 0.2) is 0 Å². The lowest BCUT2D eigenvalue weighted by Gasteiger charge is -2.13. The highest BCUT2D eigenvalue weighted by Crippen LogP contribution is 2.31. The zero-order valence-corrected chi connectivity index (χ0v) is 17.3. The van der Waals surface area contributed by atoms with Crippen LogP contribution in [-0.2, 0) is 0 Å².